The first kappa shape index (κ1) is 11.9. The SMILES string of the molecule is CCC1(N)CCCCC1(C)C.O. The lowest BCUT2D eigenvalue weighted by atomic mass is 9.62. The number of hydrogen-bond donors (Lipinski definition) is 1. The molecule has 0 aromatic rings. The maximum Gasteiger partial charge on any atom is 0.0203 e. The van der Waals surface area contributed by atoms with Gasteiger partial charge in [0.1, 0.15) is 0 Å². The Morgan fingerprint density at radius 2 is 1.67 bits per heavy atom. The van der Waals surface area contributed by atoms with E-state index in [0.717, 1.165) is 6.42 Å². The Morgan fingerprint density at radius 3 is 2.00 bits per heavy atom. The van der Waals surface area contributed by atoms with E-state index in [1.165, 1.54) is 25.7 Å². The van der Waals surface area contributed by atoms with Crippen molar-refractivity contribution in [3.63, 3.8) is 0 Å². The first-order chi connectivity index (χ1) is 5.02. The molecule has 1 saturated carbocycles. The molecule has 0 amide bonds. The van der Waals surface area contributed by atoms with Crippen LogP contribution in [-0.2, 0) is 0 Å². The predicted octanol–water partition coefficient (Wildman–Crippen LogP) is 1.87. The Bertz CT molecular complexity index is 145. The van der Waals surface area contributed by atoms with Crippen LogP contribution in [0.5, 0.6) is 0 Å². The van der Waals surface area contributed by atoms with Crippen LogP contribution in [0.3, 0.4) is 0 Å². The van der Waals surface area contributed by atoms with E-state index in [9.17, 15) is 0 Å². The van der Waals surface area contributed by atoms with E-state index in [4.69, 9.17) is 5.73 Å². The largest absolute Gasteiger partial charge is 0.412 e. The lowest BCUT2D eigenvalue weighted by Gasteiger charge is -2.47. The summed E-state index contributed by atoms with van der Waals surface area (Å²) >= 11 is 0. The fourth-order valence-corrected chi connectivity index (χ4v) is 2.25. The van der Waals surface area contributed by atoms with E-state index < -0.39 is 0 Å². The number of hydrogen-bond acceptors (Lipinski definition) is 1. The molecule has 0 radical (unpaired) electrons. The van der Waals surface area contributed by atoms with Gasteiger partial charge in [-0.1, -0.05) is 33.6 Å². The van der Waals surface area contributed by atoms with E-state index in [2.05, 4.69) is 20.8 Å². The predicted molar refractivity (Wildman–Crippen MR) is 53.1 cm³/mol. The van der Waals surface area contributed by atoms with E-state index >= 15 is 0 Å². The molecule has 4 N–H and O–H groups in total. The molecule has 1 fully saturated rings. The molecule has 0 bridgehead atoms. The highest BCUT2D eigenvalue weighted by Crippen LogP contribution is 2.43. The van der Waals surface area contributed by atoms with Crippen LogP contribution in [0, 0.1) is 5.41 Å². The molecule has 1 atom stereocenters. The standard InChI is InChI=1S/C10H21N.H2O/c1-4-10(11)8-6-5-7-9(10,2)3;/h4-8,11H2,1-3H3;1H2. The average Bonchev–Trinajstić information content (AvgIpc) is 1.95. The second kappa shape index (κ2) is 3.75. The van der Waals surface area contributed by atoms with Crippen molar-refractivity contribution in [3.05, 3.63) is 0 Å². The highest BCUT2D eigenvalue weighted by Gasteiger charge is 2.41. The maximum atomic E-state index is 6.34. The van der Waals surface area contributed by atoms with Crippen LogP contribution in [0.1, 0.15) is 52.9 Å². The van der Waals surface area contributed by atoms with Crippen LogP contribution < -0.4 is 5.73 Å². The molecule has 74 valence electrons. The van der Waals surface area contributed by atoms with E-state index in [1.54, 1.807) is 0 Å². The van der Waals surface area contributed by atoms with Gasteiger partial charge in [0.05, 0.1) is 0 Å². The van der Waals surface area contributed by atoms with Gasteiger partial charge in [0.25, 0.3) is 0 Å². The Hall–Kier alpha value is -0.0800. The average molecular weight is 173 g/mol. The first-order valence-corrected chi connectivity index (χ1v) is 4.81. The van der Waals surface area contributed by atoms with Crippen LogP contribution in [0.25, 0.3) is 0 Å². The molecule has 1 aliphatic carbocycles. The molecule has 1 unspecified atom stereocenters. The summed E-state index contributed by atoms with van der Waals surface area (Å²) in [5.74, 6) is 0. The summed E-state index contributed by atoms with van der Waals surface area (Å²) in [6, 6.07) is 0. The van der Waals surface area contributed by atoms with Crippen molar-refractivity contribution in [2.75, 3.05) is 0 Å². The topological polar surface area (TPSA) is 57.5 Å². The summed E-state index contributed by atoms with van der Waals surface area (Å²) in [5.41, 5.74) is 6.81. The number of nitrogens with two attached hydrogens (primary N) is 1. The quantitative estimate of drug-likeness (QED) is 0.646. The first-order valence-electron chi connectivity index (χ1n) is 4.81. The zero-order valence-corrected chi connectivity index (χ0v) is 8.61. The lowest BCUT2D eigenvalue weighted by Crippen LogP contribution is -2.54. The Balaban J connectivity index is 0.00000121. The summed E-state index contributed by atoms with van der Waals surface area (Å²) in [6.07, 6.45) is 6.34. The number of rotatable bonds is 1. The monoisotopic (exact) mass is 173 g/mol. The Labute approximate surface area is 75.8 Å². The van der Waals surface area contributed by atoms with Crippen molar-refractivity contribution in [1.29, 1.82) is 0 Å². The Kier molecular flexibility index (Phi) is 3.73. The van der Waals surface area contributed by atoms with E-state index in [1.807, 2.05) is 0 Å². The molecular weight excluding hydrogens is 150 g/mol. The summed E-state index contributed by atoms with van der Waals surface area (Å²) in [7, 11) is 0. The lowest BCUT2D eigenvalue weighted by molar-refractivity contribution is 0.0953. The fraction of sp³-hybridized carbons (Fsp3) is 1.00. The van der Waals surface area contributed by atoms with Crippen molar-refractivity contribution < 1.29 is 5.48 Å². The molecule has 0 aliphatic heterocycles. The second-order valence-corrected chi connectivity index (χ2v) is 4.60. The molecule has 0 saturated heterocycles. The molecule has 1 aliphatic rings. The van der Waals surface area contributed by atoms with Gasteiger partial charge in [0.15, 0.2) is 0 Å². The zero-order valence-electron chi connectivity index (χ0n) is 8.61. The van der Waals surface area contributed by atoms with Crippen molar-refractivity contribution >= 4 is 0 Å². The van der Waals surface area contributed by atoms with Gasteiger partial charge < -0.3 is 11.2 Å². The molecule has 0 heterocycles. The summed E-state index contributed by atoms with van der Waals surface area (Å²) in [5, 5.41) is 0. The minimum Gasteiger partial charge on any atom is -0.412 e. The third kappa shape index (κ3) is 1.80. The third-order valence-corrected chi connectivity index (χ3v) is 3.65. The Morgan fingerprint density at radius 1 is 1.17 bits per heavy atom. The van der Waals surface area contributed by atoms with Crippen LogP contribution in [0.2, 0.25) is 0 Å². The molecule has 1 rings (SSSR count). The van der Waals surface area contributed by atoms with Gasteiger partial charge >= 0.3 is 0 Å². The van der Waals surface area contributed by atoms with Gasteiger partial charge in [0.2, 0.25) is 0 Å². The van der Waals surface area contributed by atoms with Gasteiger partial charge in [-0.15, -0.1) is 0 Å². The van der Waals surface area contributed by atoms with Crippen LogP contribution in [0.4, 0.5) is 0 Å². The molecule has 2 nitrogen and oxygen atoms in total. The van der Waals surface area contributed by atoms with Gasteiger partial charge in [-0.05, 0) is 24.7 Å². The summed E-state index contributed by atoms with van der Waals surface area (Å²) in [4.78, 5) is 0. The minimum atomic E-state index is 0. The van der Waals surface area contributed by atoms with Gasteiger partial charge in [-0.3, -0.25) is 0 Å². The molecule has 0 spiro atoms. The molecule has 2 heteroatoms. The van der Waals surface area contributed by atoms with Crippen molar-refractivity contribution in [2.45, 2.75) is 58.4 Å². The normalized spacial score (nSPS) is 34.0. The van der Waals surface area contributed by atoms with Crippen LogP contribution in [0.15, 0.2) is 0 Å². The van der Waals surface area contributed by atoms with E-state index in [-0.39, 0.29) is 11.0 Å². The highest BCUT2D eigenvalue weighted by atomic mass is 16.0. The van der Waals surface area contributed by atoms with Crippen molar-refractivity contribution in [2.24, 2.45) is 11.1 Å². The molecule has 0 aromatic heterocycles. The fourth-order valence-electron chi connectivity index (χ4n) is 2.25. The van der Waals surface area contributed by atoms with E-state index in [0.29, 0.717) is 5.41 Å². The van der Waals surface area contributed by atoms with Gasteiger partial charge in [-0.25, -0.2) is 0 Å². The van der Waals surface area contributed by atoms with Gasteiger partial charge in [-0.2, -0.15) is 0 Å². The maximum absolute atomic E-state index is 6.34. The zero-order chi connectivity index (χ0) is 8.54. The molecule has 12 heavy (non-hydrogen) atoms. The van der Waals surface area contributed by atoms with Crippen LogP contribution in [-0.4, -0.2) is 11.0 Å². The summed E-state index contributed by atoms with van der Waals surface area (Å²) in [6.45, 7) is 6.85. The van der Waals surface area contributed by atoms with Crippen molar-refractivity contribution in [1.82, 2.24) is 0 Å². The van der Waals surface area contributed by atoms with Crippen molar-refractivity contribution in [3.8, 4) is 0 Å². The minimum absolute atomic E-state index is 0. The molecular formula is C10H23NO. The highest BCUT2D eigenvalue weighted by molar-refractivity contribution is 4.99. The third-order valence-electron chi connectivity index (χ3n) is 3.65. The smallest absolute Gasteiger partial charge is 0.0203 e. The summed E-state index contributed by atoms with van der Waals surface area (Å²) < 4.78 is 0. The second-order valence-electron chi connectivity index (χ2n) is 4.60. The molecule has 0 aromatic carbocycles. The van der Waals surface area contributed by atoms with Gasteiger partial charge in [0, 0.05) is 5.54 Å². The van der Waals surface area contributed by atoms with Crippen LogP contribution >= 0.6 is 0 Å².